The van der Waals surface area contributed by atoms with Gasteiger partial charge in [-0.15, -0.1) is 0 Å². The molecule has 18 heavy (non-hydrogen) atoms. The fourth-order valence-corrected chi connectivity index (χ4v) is 4.29. The van der Waals surface area contributed by atoms with E-state index in [9.17, 15) is 13.0 Å². The van der Waals surface area contributed by atoms with Crippen molar-refractivity contribution in [1.82, 2.24) is 0 Å². The van der Waals surface area contributed by atoms with Crippen LogP contribution in [0.15, 0.2) is 21.8 Å². The molecule has 1 aliphatic carbocycles. The largest absolute Gasteiger partial charge is 0.492 e. The normalized spacial score (nSPS) is 31.4. The lowest BCUT2D eigenvalue weighted by molar-refractivity contribution is 0.0751. The number of hydrogen-bond acceptors (Lipinski definition) is 3. The molecule has 1 saturated heterocycles. The van der Waals surface area contributed by atoms with Crippen LogP contribution in [-0.4, -0.2) is 18.6 Å². The Labute approximate surface area is 108 Å². The summed E-state index contributed by atoms with van der Waals surface area (Å²) in [6, 6.07) is 0. The molecule has 1 fully saturated rings. The molecule has 0 aromatic heterocycles. The molecule has 0 amide bonds. The van der Waals surface area contributed by atoms with Gasteiger partial charge in [-0.1, -0.05) is 6.92 Å². The molecule has 2 unspecified atom stereocenters. The first kappa shape index (κ1) is 13.6. The molecule has 0 aromatic carbocycles. The van der Waals surface area contributed by atoms with E-state index >= 15 is 0 Å². The van der Waals surface area contributed by atoms with Gasteiger partial charge in [-0.3, -0.25) is 4.55 Å². The molecule has 2 atom stereocenters. The third kappa shape index (κ3) is 1.99. The maximum absolute atomic E-state index is 11.5. The fraction of sp³-hybridized carbons (Fsp3) is 0.692. The van der Waals surface area contributed by atoms with Crippen LogP contribution in [0.25, 0.3) is 0 Å². The van der Waals surface area contributed by atoms with Crippen LogP contribution in [-0.2, 0) is 14.9 Å². The Morgan fingerprint density at radius 1 is 1.28 bits per heavy atom. The minimum Gasteiger partial charge on any atom is -0.492 e. The summed E-state index contributed by atoms with van der Waals surface area (Å²) < 4.78 is 38.4. The molecule has 1 heterocycles. The zero-order valence-electron chi connectivity index (χ0n) is 11.4. The second kappa shape index (κ2) is 3.84. The zero-order valence-corrected chi connectivity index (χ0v) is 12.3. The number of ether oxygens (including phenoxy) is 1. The van der Waals surface area contributed by atoms with Gasteiger partial charge in [0.1, 0.15) is 11.4 Å². The lowest BCUT2D eigenvalue weighted by Crippen LogP contribution is -2.25. The molecule has 0 spiro atoms. The van der Waals surface area contributed by atoms with Gasteiger partial charge in [0.05, 0.1) is 4.91 Å². The molecule has 102 valence electrons. The van der Waals surface area contributed by atoms with Crippen LogP contribution in [0, 0.1) is 11.8 Å². The van der Waals surface area contributed by atoms with E-state index in [1.165, 1.54) is 0 Å². The molecule has 1 aliphatic heterocycles. The molecule has 0 aromatic rings. The van der Waals surface area contributed by atoms with E-state index in [0.29, 0.717) is 5.57 Å². The van der Waals surface area contributed by atoms with E-state index < -0.39 is 10.1 Å². The zero-order chi connectivity index (χ0) is 13.9. The van der Waals surface area contributed by atoms with Gasteiger partial charge >= 0.3 is 0 Å². The van der Waals surface area contributed by atoms with Gasteiger partial charge in [0.15, 0.2) is 0 Å². The van der Waals surface area contributed by atoms with E-state index in [2.05, 4.69) is 0 Å². The molecular formula is C13H20O4S. The van der Waals surface area contributed by atoms with Crippen LogP contribution in [0.5, 0.6) is 0 Å². The van der Waals surface area contributed by atoms with Crippen molar-refractivity contribution in [3.63, 3.8) is 0 Å². The molecule has 1 N–H and O–H groups in total. The van der Waals surface area contributed by atoms with Crippen molar-refractivity contribution in [3.05, 3.63) is 21.8 Å². The Kier molecular flexibility index (Phi) is 2.91. The van der Waals surface area contributed by atoms with Crippen molar-refractivity contribution < 1.29 is 17.7 Å². The third-order valence-electron chi connectivity index (χ3n) is 4.03. The van der Waals surface area contributed by atoms with Crippen LogP contribution in [0.3, 0.4) is 0 Å². The van der Waals surface area contributed by atoms with Crippen LogP contribution >= 0.6 is 0 Å². The molecule has 4 nitrogen and oxygen atoms in total. The first-order valence-electron chi connectivity index (χ1n) is 6.13. The molecule has 5 heteroatoms. The lowest BCUT2D eigenvalue weighted by atomic mass is 9.79. The summed E-state index contributed by atoms with van der Waals surface area (Å²) in [6.07, 6.45) is 0.771. The number of hydrogen-bond donors (Lipinski definition) is 1. The SMILES string of the molecule is CC1=C2OC(C)(C)CC2C(C)C(S(=O)(=O)O)=C1C. The predicted octanol–water partition coefficient (Wildman–Crippen LogP) is 2.89. The lowest BCUT2D eigenvalue weighted by Gasteiger charge is -2.28. The Hall–Kier alpha value is -0.810. The van der Waals surface area contributed by atoms with Gasteiger partial charge in [-0.2, -0.15) is 8.42 Å². The maximum atomic E-state index is 11.5. The summed E-state index contributed by atoms with van der Waals surface area (Å²) in [5, 5.41) is 0. The highest BCUT2D eigenvalue weighted by Crippen LogP contribution is 2.50. The van der Waals surface area contributed by atoms with Gasteiger partial charge in [0.25, 0.3) is 10.1 Å². The summed E-state index contributed by atoms with van der Waals surface area (Å²) in [4.78, 5) is 0.148. The highest BCUT2D eigenvalue weighted by molar-refractivity contribution is 7.89. The van der Waals surface area contributed by atoms with Crippen molar-refractivity contribution in [3.8, 4) is 0 Å². The first-order valence-corrected chi connectivity index (χ1v) is 7.57. The van der Waals surface area contributed by atoms with Gasteiger partial charge < -0.3 is 4.74 Å². The van der Waals surface area contributed by atoms with E-state index in [-0.39, 0.29) is 22.3 Å². The molecule has 2 rings (SSSR count). The van der Waals surface area contributed by atoms with E-state index in [0.717, 1.165) is 17.8 Å². The first-order chi connectivity index (χ1) is 8.04. The average molecular weight is 272 g/mol. The van der Waals surface area contributed by atoms with Gasteiger partial charge in [0, 0.05) is 11.8 Å². The number of fused-ring (bicyclic) bond motifs is 1. The highest BCUT2D eigenvalue weighted by Gasteiger charge is 2.46. The average Bonchev–Trinajstić information content (AvgIpc) is 2.49. The minimum absolute atomic E-state index is 0.0422. The fourth-order valence-electron chi connectivity index (χ4n) is 3.12. The number of allylic oxidation sites excluding steroid dienone is 4. The number of rotatable bonds is 1. The summed E-state index contributed by atoms with van der Waals surface area (Å²) in [6.45, 7) is 9.43. The third-order valence-corrected chi connectivity index (χ3v) is 5.27. The van der Waals surface area contributed by atoms with E-state index in [1.807, 2.05) is 27.7 Å². The van der Waals surface area contributed by atoms with Crippen LogP contribution in [0.4, 0.5) is 0 Å². The van der Waals surface area contributed by atoms with Crippen molar-refractivity contribution >= 4 is 10.1 Å². The van der Waals surface area contributed by atoms with Gasteiger partial charge in [0.2, 0.25) is 0 Å². The molecule has 0 bridgehead atoms. The Balaban J connectivity index is 2.59. The van der Waals surface area contributed by atoms with Gasteiger partial charge in [-0.05, 0) is 45.3 Å². The standard InChI is InChI=1S/C13H20O4S/c1-7-8(2)12(18(14,15)16)9(3)10-6-13(4,5)17-11(7)10/h9-10H,6H2,1-5H3,(H,14,15,16). The van der Waals surface area contributed by atoms with Crippen molar-refractivity contribution in [1.29, 1.82) is 0 Å². The van der Waals surface area contributed by atoms with Crippen LogP contribution < -0.4 is 0 Å². The van der Waals surface area contributed by atoms with E-state index in [4.69, 9.17) is 4.74 Å². The maximum Gasteiger partial charge on any atom is 0.291 e. The summed E-state index contributed by atoms with van der Waals surface area (Å²) >= 11 is 0. The van der Waals surface area contributed by atoms with Crippen molar-refractivity contribution in [2.24, 2.45) is 11.8 Å². The summed E-state index contributed by atoms with van der Waals surface area (Å²) in [7, 11) is -4.14. The topological polar surface area (TPSA) is 63.6 Å². The molecule has 0 saturated carbocycles. The van der Waals surface area contributed by atoms with Crippen molar-refractivity contribution in [2.75, 3.05) is 0 Å². The molecule has 2 aliphatic rings. The van der Waals surface area contributed by atoms with Crippen molar-refractivity contribution in [2.45, 2.75) is 46.6 Å². The smallest absolute Gasteiger partial charge is 0.291 e. The Bertz CT molecular complexity index is 552. The van der Waals surface area contributed by atoms with Crippen LogP contribution in [0.2, 0.25) is 0 Å². The summed E-state index contributed by atoms with van der Waals surface area (Å²) in [5.74, 6) is 0.693. The quantitative estimate of drug-likeness (QED) is 0.745. The van der Waals surface area contributed by atoms with E-state index in [1.54, 1.807) is 6.92 Å². The summed E-state index contributed by atoms with van der Waals surface area (Å²) in [5.41, 5.74) is 1.19. The second-order valence-corrected chi connectivity index (χ2v) is 7.30. The monoisotopic (exact) mass is 272 g/mol. The predicted molar refractivity (Wildman–Crippen MR) is 69.4 cm³/mol. The highest BCUT2D eigenvalue weighted by atomic mass is 32.2. The second-order valence-electron chi connectivity index (χ2n) is 5.91. The minimum atomic E-state index is -4.14. The van der Waals surface area contributed by atoms with Gasteiger partial charge in [-0.25, -0.2) is 0 Å². The Morgan fingerprint density at radius 3 is 2.33 bits per heavy atom. The molecular weight excluding hydrogens is 252 g/mol. The van der Waals surface area contributed by atoms with Crippen LogP contribution in [0.1, 0.15) is 41.0 Å². The molecule has 0 radical (unpaired) electrons. The Morgan fingerprint density at radius 2 is 1.83 bits per heavy atom.